The molecule has 2 heterocycles. The topological polar surface area (TPSA) is 75.6 Å². The SMILES string of the molecule is COc1ccc2nc(/C=N/NC(=O)C3CCCN3)ccc2c1. The minimum absolute atomic E-state index is 0.0979. The Hall–Kier alpha value is -2.47. The molecule has 6 nitrogen and oxygen atoms in total. The number of nitrogens with one attached hydrogen (secondary N) is 2. The van der Waals surface area contributed by atoms with Crippen LogP contribution in [-0.4, -0.2) is 36.8 Å². The van der Waals surface area contributed by atoms with E-state index in [1.807, 2.05) is 30.3 Å². The van der Waals surface area contributed by atoms with Crippen LogP contribution in [0, 0.1) is 0 Å². The highest BCUT2D eigenvalue weighted by Gasteiger charge is 2.21. The van der Waals surface area contributed by atoms with Crippen molar-refractivity contribution in [3.63, 3.8) is 0 Å². The molecule has 0 spiro atoms. The summed E-state index contributed by atoms with van der Waals surface area (Å²) in [5.74, 6) is 0.700. The van der Waals surface area contributed by atoms with Crippen LogP contribution in [0.25, 0.3) is 10.9 Å². The Bertz CT molecular complexity index is 708. The molecule has 3 rings (SSSR count). The van der Waals surface area contributed by atoms with Crippen LogP contribution in [0.4, 0.5) is 0 Å². The number of benzene rings is 1. The standard InChI is InChI=1S/C16H18N4O2/c1-22-13-6-7-14-11(9-13)4-5-12(19-14)10-18-20-16(21)15-3-2-8-17-15/h4-7,9-10,15,17H,2-3,8H2,1H3,(H,20,21)/b18-10+. The van der Waals surface area contributed by atoms with Gasteiger partial charge in [0, 0.05) is 5.39 Å². The van der Waals surface area contributed by atoms with E-state index >= 15 is 0 Å². The smallest absolute Gasteiger partial charge is 0.257 e. The zero-order valence-corrected chi connectivity index (χ0v) is 12.4. The van der Waals surface area contributed by atoms with Gasteiger partial charge in [-0.05, 0) is 43.7 Å². The summed E-state index contributed by atoms with van der Waals surface area (Å²) in [7, 11) is 1.64. The Labute approximate surface area is 128 Å². The molecule has 22 heavy (non-hydrogen) atoms. The number of rotatable bonds is 4. The molecular weight excluding hydrogens is 280 g/mol. The molecule has 6 heteroatoms. The van der Waals surface area contributed by atoms with Crippen molar-refractivity contribution in [3.8, 4) is 5.75 Å². The first-order valence-corrected chi connectivity index (χ1v) is 7.27. The summed E-state index contributed by atoms with van der Waals surface area (Å²) in [6.45, 7) is 0.886. The number of aromatic nitrogens is 1. The molecule has 0 radical (unpaired) electrons. The number of carbonyl (C=O) groups is 1. The number of ether oxygens (including phenoxy) is 1. The molecule has 1 saturated heterocycles. The Morgan fingerprint density at radius 3 is 3.14 bits per heavy atom. The van der Waals surface area contributed by atoms with E-state index in [1.54, 1.807) is 13.3 Å². The minimum Gasteiger partial charge on any atom is -0.497 e. The minimum atomic E-state index is -0.130. The fraction of sp³-hybridized carbons (Fsp3) is 0.312. The number of fused-ring (bicyclic) bond motifs is 1. The van der Waals surface area contributed by atoms with Crippen molar-refractivity contribution in [1.82, 2.24) is 15.7 Å². The van der Waals surface area contributed by atoms with Crippen LogP contribution in [0.2, 0.25) is 0 Å². The predicted molar refractivity (Wildman–Crippen MR) is 85.1 cm³/mol. The number of nitrogens with zero attached hydrogens (tertiary/aromatic N) is 2. The lowest BCUT2D eigenvalue weighted by atomic mass is 10.2. The van der Waals surface area contributed by atoms with Crippen molar-refractivity contribution in [1.29, 1.82) is 0 Å². The largest absolute Gasteiger partial charge is 0.497 e. The average Bonchev–Trinajstić information content (AvgIpc) is 3.08. The van der Waals surface area contributed by atoms with Gasteiger partial charge in [0.25, 0.3) is 5.91 Å². The summed E-state index contributed by atoms with van der Waals surface area (Å²) in [5, 5.41) is 8.10. The monoisotopic (exact) mass is 298 g/mol. The van der Waals surface area contributed by atoms with Crippen molar-refractivity contribution < 1.29 is 9.53 Å². The number of carbonyl (C=O) groups excluding carboxylic acids is 1. The van der Waals surface area contributed by atoms with Crippen molar-refractivity contribution in [3.05, 3.63) is 36.0 Å². The molecule has 2 aromatic rings. The van der Waals surface area contributed by atoms with E-state index < -0.39 is 0 Å². The molecule has 0 bridgehead atoms. The fourth-order valence-corrected chi connectivity index (χ4v) is 2.47. The van der Waals surface area contributed by atoms with Gasteiger partial charge in [-0.15, -0.1) is 0 Å². The van der Waals surface area contributed by atoms with Gasteiger partial charge < -0.3 is 10.1 Å². The van der Waals surface area contributed by atoms with E-state index in [0.29, 0.717) is 5.69 Å². The molecule has 114 valence electrons. The van der Waals surface area contributed by atoms with Crippen LogP contribution in [0.15, 0.2) is 35.4 Å². The summed E-state index contributed by atoms with van der Waals surface area (Å²) in [5.41, 5.74) is 4.09. The maximum atomic E-state index is 11.8. The number of amides is 1. The van der Waals surface area contributed by atoms with Gasteiger partial charge in [0.2, 0.25) is 0 Å². The van der Waals surface area contributed by atoms with Crippen molar-refractivity contribution in [2.75, 3.05) is 13.7 Å². The third-order valence-corrected chi connectivity index (χ3v) is 3.67. The van der Waals surface area contributed by atoms with Crippen LogP contribution in [0.3, 0.4) is 0 Å². The Balaban J connectivity index is 1.68. The van der Waals surface area contributed by atoms with Crippen molar-refractivity contribution >= 4 is 23.0 Å². The summed E-state index contributed by atoms with van der Waals surface area (Å²) in [4.78, 5) is 16.3. The first-order chi connectivity index (χ1) is 10.8. The van der Waals surface area contributed by atoms with E-state index in [1.165, 1.54) is 0 Å². The normalized spacial score (nSPS) is 18.0. The quantitative estimate of drug-likeness (QED) is 0.661. The zero-order chi connectivity index (χ0) is 15.4. The van der Waals surface area contributed by atoms with Gasteiger partial charge in [-0.25, -0.2) is 10.4 Å². The van der Waals surface area contributed by atoms with Gasteiger partial charge in [0.15, 0.2) is 0 Å². The number of pyridine rings is 1. The molecule has 1 aliphatic rings. The molecule has 0 aliphatic carbocycles. The van der Waals surface area contributed by atoms with Gasteiger partial charge in [0.05, 0.1) is 30.6 Å². The summed E-state index contributed by atoms with van der Waals surface area (Å²) in [6.07, 6.45) is 3.44. The Morgan fingerprint density at radius 2 is 2.36 bits per heavy atom. The zero-order valence-electron chi connectivity index (χ0n) is 12.4. The van der Waals surface area contributed by atoms with Crippen molar-refractivity contribution in [2.24, 2.45) is 5.10 Å². The maximum Gasteiger partial charge on any atom is 0.257 e. The second-order valence-electron chi connectivity index (χ2n) is 5.18. The third kappa shape index (κ3) is 3.23. The highest BCUT2D eigenvalue weighted by atomic mass is 16.5. The average molecular weight is 298 g/mol. The van der Waals surface area contributed by atoms with E-state index in [2.05, 4.69) is 20.8 Å². The maximum absolute atomic E-state index is 11.8. The van der Waals surface area contributed by atoms with Crippen LogP contribution < -0.4 is 15.5 Å². The molecule has 1 fully saturated rings. The van der Waals surface area contributed by atoms with Crippen LogP contribution in [-0.2, 0) is 4.79 Å². The lowest BCUT2D eigenvalue weighted by Gasteiger charge is -2.06. The van der Waals surface area contributed by atoms with Crippen molar-refractivity contribution in [2.45, 2.75) is 18.9 Å². The van der Waals surface area contributed by atoms with Gasteiger partial charge in [-0.2, -0.15) is 5.10 Å². The lowest BCUT2D eigenvalue weighted by molar-refractivity contribution is -0.122. The van der Waals surface area contributed by atoms with Gasteiger partial charge in [0.1, 0.15) is 5.75 Å². The molecule has 1 aromatic heterocycles. The lowest BCUT2D eigenvalue weighted by Crippen LogP contribution is -2.38. The Kier molecular flexibility index (Phi) is 4.29. The first kappa shape index (κ1) is 14.5. The number of methoxy groups -OCH3 is 1. The molecule has 1 aliphatic heterocycles. The molecular formula is C16H18N4O2. The van der Waals surface area contributed by atoms with E-state index in [4.69, 9.17) is 4.74 Å². The van der Waals surface area contributed by atoms with E-state index in [0.717, 1.165) is 36.0 Å². The summed E-state index contributed by atoms with van der Waals surface area (Å²) >= 11 is 0. The number of hydrogen-bond acceptors (Lipinski definition) is 5. The van der Waals surface area contributed by atoms with E-state index in [-0.39, 0.29) is 11.9 Å². The van der Waals surface area contributed by atoms with E-state index in [9.17, 15) is 4.79 Å². The number of hydrazone groups is 1. The summed E-state index contributed by atoms with van der Waals surface area (Å²) in [6, 6.07) is 9.36. The molecule has 1 amide bonds. The van der Waals surface area contributed by atoms with Crippen LogP contribution in [0.1, 0.15) is 18.5 Å². The molecule has 1 aromatic carbocycles. The van der Waals surface area contributed by atoms with Gasteiger partial charge in [-0.1, -0.05) is 6.07 Å². The highest BCUT2D eigenvalue weighted by molar-refractivity contribution is 5.87. The molecule has 0 saturated carbocycles. The fourth-order valence-electron chi connectivity index (χ4n) is 2.47. The van der Waals surface area contributed by atoms with Gasteiger partial charge >= 0.3 is 0 Å². The van der Waals surface area contributed by atoms with Gasteiger partial charge in [-0.3, -0.25) is 4.79 Å². The molecule has 2 N–H and O–H groups in total. The first-order valence-electron chi connectivity index (χ1n) is 7.27. The molecule has 1 atom stereocenters. The Morgan fingerprint density at radius 1 is 1.45 bits per heavy atom. The third-order valence-electron chi connectivity index (χ3n) is 3.67. The van der Waals surface area contributed by atoms with Crippen LogP contribution >= 0.6 is 0 Å². The predicted octanol–water partition coefficient (Wildman–Crippen LogP) is 1.45. The highest BCUT2D eigenvalue weighted by Crippen LogP contribution is 2.19. The summed E-state index contributed by atoms with van der Waals surface area (Å²) < 4.78 is 5.18. The van der Waals surface area contributed by atoms with Crippen LogP contribution in [0.5, 0.6) is 5.75 Å². The number of hydrogen-bond donors (Lipinski definition) is 2. The molecule has 1 unspecified atom stereocenters. The second kappa shape index (κ2) is 6.53. The second-order valence-corrected chi connectivity index (χ2v) is 5.18.